The highest BCUT2D eigenvalue weighted by molar-refractivity contribution is 5.92. The monoisotopic (exact) mass is 288 g/mol. The van der Waals surface area contributed by atoms with Crippen LogP contribution in [-0.4, -0.2) is 34.3 Å². The normalized spacial score (nSPS) is 10.5. The number of rotatable bonds is 5. The number of carboxylic acids is 1. The smallest absolute Gasteiger partial charge is 0.356 e. The molecule has 6 heteroatoms. The molecule has 2 aromatic rings. The van der Waals surface area contributed by atoms with Gasteiger partial charge in [0.25, 0.3) is 0 Å². The van der Waals surface area contributed by atoms with Crippen LogP contribution < -0.4 is 9.47 Å². The minimum absolute atomic E-state index is 0.0325. The molecule has 0 aliphatic rings. The summed E-state index contributed by atoms with van der Waals surface area (Å²) in [6, 6.07) is 5.14. The topological polar surface area (TPSA) is 81.5 Å². The summed E-state index contributed by atoms with van der Waals surface area (Å²) >= 11 is 0. The number of aromatic carboxylic acids is 1. The van der Waals surface area contributed by atoms with Gasteiger partial charge in [0.05, 0.1) is 13.2 Å². The summed E-state index contributed by atoms with van der Waals surface area (Å²) in [7, 11) is 1.55. The summed E-state index contributed by atoms with van der Waals surface area (Å²) < 4.78 is 10.9. The molecule has 0 spiro atoms. The highest BCUT2D eigenvalue weighted by Crippen LogP contribution is 2.33. The number of nitrogens with zero attached hydrogens (tertiary/aromatic N) is 2. The van der Waals surface area contributed by atoms with Gasteiger partial charge in [-0.15, -0.1) is 0 Å². The molecule has 0 saturated carbocycles. The Morgan fingerprint density at radius 1 is 1.19 bits per heavy atom. The van der Waals surface area contributed by atoms with Crippen molar-refractivity contribution in [3.05, 3.63) is 36.3 Å². The largest absolute Gasteiger partial charge is 0.493 e. The SMILES string of the molecule is COc1ccc(-c2nccnc2C(=O)O)cc1OC(C)C. The van der Waals surface area contributed by atoms with E-state index in [0.29, 0.717) is 22.8 Å². The lowest BCUT2D eigenvalue weighted by Gasteiger charge is -2.15. The lowest BCUT2D eigenvalue weighted by molar-refractivity contribution is 0.0691. The van der Waals surface area contributed by atoms with Gasteiger partial charge in [0.1, 0.15) is 5.69 Å². The van der Waals surface area contributed by atoms with E-state index in [1.54, 1.807) is 25.3 Å². The van der Waals surface area contributed by atoms with Gasteiger partial charge in [-0.05, 0) is 32.0 Å². The molecule has 1 aromatic carbocycles. The molecule has 0 aliphatic carbocycles. The van der Waals surface area contributed by atoms with E-state index in [1.807, 2.05) is 13.8 Å². The number of ether oxygens (including phenoxy) is 2. The first-order valence-electron chi connectivity index (χ1n) is 6.42. The zero-order valence-corrected chi connectivity index (χ0v) is 12.0. The van der Waals surface area contributed by atoms with Crippen molar-refractivity contribution < 1.29 is 19.4 Å². The zero-order chi connectivity index (χ0) is 15.4. The van der Waals surface area contributed by atoms with Crippen molar-refractivity contribution in [1.29, 1.82) is 0 Å². The van der Waals surface area contributed by atoms with Crippen LogP contribution in [0.5, 0.6) is 11.5 Å². The molecular weight excluding hydrogens is 272 g/mol. The highest BCUT2D eigenvalue weighted by Gasteiger charge is 2.16. The van der Waals surface area contributed by atoms with Gasteiger partial charge in [-0.2, -0.15) is 0 Å². The Labute approximate surface area is 122 Å². The molecule has 0 fully saturated rings. The fourth-order valence-corrected chi connectivity index (χ4v) is 1.88. The van der Waals surface area contributed by atoms with Crippen molar-refractivity contribution in [1.82, 2.24) is 9.97 Å². The molecule has 1 aromatic heterocycles. The third-order valence-electron chi connectivity index (χ3n) is 2.70. The fraction of sp³-hybridized carbons (Fsp3) is 0.267. The summed E-state index contributed by atoms with van der Waals surface area (Å²) in [5, 5.41) is 9.18. The first-order chi connectivity index (χ1) is 10.0. The number of carbonyl (C=O) groups is 1. The Bertz CT molecular complexity index is 656. The van der Waals surface area contributed by atoms with Crippen molar-refractivity contribution in [2.75, 3.05) is 7.11 Å². The highest BCUT2D eigenvalue weighted by atomic mass is 16.5. The van der Waals surface area contributed by atoms with Crippen LogP contribution >= 0.6 is 0 Å². The van der Waals surface area contributed by atoms with Crippen LogP contribution in [0.2, 0.25) is 0 Å². The second kappa shape index (κ2) is 6.21. The maximum atomic E-state index is 11.2. The first-order valence-corrected chi connectivity index (χ1v) is 6.42. The lowest BCUT2D eigenvalue weighted by atomic mass is 10.1. The van der Waals surface area contributed by atoms with Gasteiger partial charge < -0.3 is 14.6 Å². The summed E-state index contributed by atoms with van der Waals surface area (Å²) in [6.45, 7) is 3.80. The molecule has 0 amide bonds. The van der Waals surface area contributed by atoms with Gasteiger partial charge in [0, 0.05) is 18.0 Å². The van der Waals surface area contributed by atoms with Crippen LogP contribution in [0.4, 0.5) is 0 Å². The van der Waals surface area contributed by atoms with Gasteiger partial charge in [0.2, 0.25) is 0 Å². The molecular formula is C15H16N2O4. The fourth-order valence-electron chi connectivity index (χ4n) is 1.88. The Morgan fingerprint density at radius 2 is 1.90 bits per heavy atom. The van der Waals surface area contributed by atoms with Crippen LogP contribution in [0, 0.1) is 0 Å². The van der Waals surface area contributed by atoms with Crippen LogP contribution in [0.3, 0.4) is 0 Å². The minimum Gasteiger partial charge on any atom is -0.493 e. The number of aromatic nitrogens is 2. The van der Waals surface area contributed by atoms with E-state index in [9.17, 15) is 9.90 Å². The lowest BCUT2D eigenvalue weighted by Crippen LogP contribution is -2.08. The Balaban J connectivity index is 2.52. The molecule has 2 rings (SSSR count). The van der Waals surface area contributed by atoms with Crippen LogP contribution in [-0.2, 0) is 0 Å². The molecule has 1 N–H and O–H groups in total. The summed E-state index contributed by atoms with van der Waals surface area (Å²) in [6.07, 6.45) is 2.77. The zero-order valence-electron chi connectivity index (χ0n) is 12.0. The van der Waals surface area contributed by atoms with Gasteiger partial charge in [-0.3, -0.25) is 4.98 Å². The molecule has 0 saturated heterocycles. The van der Waals surface area contributed by atoms with Crippen molar-refractivity contribution in [2.24, 2.45) is 0 Å². The number of methoxy groups -OCH3 is 1. The number of carboxylic acid groups (broad SMARTS) is 1. The van der Waals surface area contributed by atoms with Gasteiger partial charge in [0.15, 0.2) is 17.2 Å². The van der Waals surface area contributed by atoms with Crippen molar-refractivity contribution >= 4 is 5.97 Å². The summed E-state index contributed by atoms with van der Waals surface area (Å²) in [5.41, 5.74) is 0.802. The number of hydrogen-bond acceptors (Lipinski definition) is 5. The maximum absolute atomic E-state index is 11.2. The van der Waals surface area contributed by atoms with Gasteiger partial charge >= 0.3 is 5.97 Å². The molecule has 0 atom stereocenters. The molecule has 0 bridgehead atoms. The van der Waals surface area contributed by atoms with Crippen LogP contribution in [0.15, 0.2) is 30.6 Å². The summed E-state index contributed by atoms with van der Waals surface area (Å²) in [4.78, 5) is 19.2. The minimum atomic E-state index is -1.12. The average Bonchev–Trinajstić information content (AvgIpc) is 2.46. The standard InChI is InChI=1S/C15H16N2O4/c1-9(2)21-12-8-10(4-5-11(12)20-3)13-14(15(18)19)17-7-6-16-13/h4-9H,1-3H3,(H,18,19). The maximum Gasteiger partial charge on any atom is 0.356 e. The average molecular weight is 288 g/mol. The van der Waals surface area contributed by atoms with E-state index < -0.39 is 5.97 Å². The Morgan fingerprint density at radius 3 is 2.52 bits per heavy atom. The van der Waals surface area contributed by atoms with E-state index in [1.165, 1.54) is 12.4 Å². The summed E-state index contributed by atoms with van der Waals surface area (Å²) in [5.74, 6) is -0.0135. The van der Waals surface area contributed by atoms with Gasteiger partial charge in [-0.1, -0.05) is 0 Å². The predicted octanol–water partition coefficient (Wildman–Crippen LogP) is 2.64. The van der Waals surface area contributed by atoms with E-state index in [4.69, 9.17) is 9.47 Å². The molecule has 0 radical (unpaired) electrons. The third-order valence-corrected chi connectivity index (χ3v) is 2.70. The second-order valence-corrected chi connectivity index (χ2v) is 4.59. The molecule has 6 nitrogen and oxygen atoms in total. The van der Waals surface area contributed by atoms with Crippen molar-refractivity contribution in [3.63, 3.8) is 0 Å². The number of benzene rings is 1. The van der Waals surface area contributed by atoms with Crippen LogP contribution in [0.25, 0.3) is 11.3 Å². The molecule has 0 aliphatic heterocycles. The third kappa shape index (κ3) is 3.28. The van der Waals surface area contributed by atoms with E-state index >= 15 is 0 Å². The molecule has 110 valence electrons. The van der Waals surface area contributed by atoms with Gasteiger partial charge in [-0.25, -0.2) is 9.78 Å². The van der Waals surface area contributed by atoms with E-state index in [0.717, 1.165) is 0 Å². The Hall–Kier alpha value is -2.63. The van der Waals surface area contributed by atoms with E-state index in [-0.39, 0.29) is 11.8 Å². The predicted molar refractivity (Wildman–Crippen MR) is 76.7 cm³/mol. The number of hydrogen-bond donors (Lipinski definition) is 1. The quantitative estimate of drug-likeness (QED) is 0.910. The first kappa shape index (κ1) is 14.8. The Kier molecular flexibility index (Phi) is 4.37. The second-order valence-electron chi connectivity index (χ2n) is 4.59. The van der Waals surface area contributed by atoms with E-state index in [2.05, 4.69) is 9.97 Å². The van der Waals surface area contributed by atoms with Crippen molar-refractivity contribution in [3.8, 4) is 22.8 Å². The molecule has 1 heterocycles. The molecule has 21 heavy (non-hydrogen) atoms. The van der Waals surface area contributed by atoms with Crippen LogP contribution in [0.1, 0.15) is 24.3 Å². The molecule has 0 unspecified atom stereocenters. The van der Waals surface area contributed by atoms with Crippen molar-refractivity contribution in [2.45, 2.75) is 20.0 Å².